The summed E-state index contributed by atoms with van der Waals surface area (Å²) in [5.74, 6) is -0.651. The van der Waals surface area contributed by atoms with Crippen LogP contribution in [0.25, 0.3) is 0 Å². The van der Waals surface area contributed by atoms with Crippen molar-refractivity contribution >= 4 is 11.9 Å². The van der Waals surface area contributed by atoms with Crippen LogP contribution in [0.3, 0.4) is 0 Å². The zero-order valence-corrected chi connectivity index (χ0v) is 31.3. The van der Waals surface area contributed by atoms with Crippen LogP contribution in [0.4, 0.5) is 0 Å². The number of quaternary nitrogens is 1. The fourth-order valence-corrected chi connectivity index (χ4v) is 8.01. The Kier molecular flexibility index (Phi) is 13.0. The number of nitrogens with one attached hydrogen (secondary N) is 1. The van der Waals surface area contributed by atoms with Crippen LogP contribution in [0.1, 0.15) is 92.1 Å². The van der Waals surface area contributed by atoms with Crippen LogP contribution in [0.2, 0.25) is 0 Å². The molecule has 6 unspecified atom stereocenters. The monoisotopic (exact) mass is 680 g/mol. The standard InChI is InChI=1S/C40H62N3O6/c1-10-42(11-2)25-37(45)47-26-34(30-15-13-12-14-16-30)38(46)49-33-22-32-19-20-40(23-33,43(32,9)28(3)4)27-48-36-18-17-31(21-29(36)5)35(44)24-41-39(6,7)8/h12-18,28,32-35,41,44H,5,10-11,19-27H2,1-4,6-9H3/q+1. The summed E-state index contributed by atoms with van der Waals surface area (Å²) in [5.41, 5.74) is 2.23. The van der Waals surface area contributed by atoms with E-state index in [0.29, 0.717) is 38.1 Å². The van der Waals surface area contributed by atoms with Gasteiger partial charge in [-0.1, -0.05) is 56.8 Å². The molecular formula is C40H62N3O6+. The van der Waals surface area contributed by atoms with Crippen LogP contribution in [-0.2, 0) is 23.8 Å². The molecule has 2 bridgehead atoms. The molecule has 0 aromatic heterocycles. The average Bonchev–Trinajstić information content (AvgIpc) is 3.19. The van der Waals surface area contributed by atoms with Crippen LogP contribution in [-0.4, -0.2) is 108 Å². The molecule has 9 nitrogen and oxygen atoms in total. The average molecular weight is 681 g/mol. The largest absolute Gasteiger partial charge is 0.487 e. The number of aliphatic hydroxyl groups is 1. The number of fused-ring (bicyclic) bond motifs is 2. The summed E-state index contributed by atoms with van der Waals surface area (Å²) in [5, 5.41) is 14.2. The highest BCUT2D eigenvalue weighted by atomic mass is 16.6. The van der Waals surface area contributed by atoms with Gasteiger partial charge in [-0.2, -0.15) is 0 Å². The Hall–Kier alpha value is -2.98. The van der Waals surface area contributed by atoms with Gasteiger partial charge in [0.15, 0.2) is 0 Å². The molecule has 0 radical (unpaired) electrons. The lowest BCUT2D eigenvalue weighted by atomic mass is 9.83. The molecule has 6 atom stereocenters. The minimum absolute atomic E-state index is 0.0557. The van der Waals surface area contributed by atoms with E-state index < -0.39 is 12.0 Å². The molecule has 2 aliphatic heterocycles. The second kappa shape index (κ2) is 16.4. The number of ether oxygens (including phenoxy) is 3. The molecule has 1 aromatic carbocycles. The predicted octanol–water partition coefficient (Wildman–Crippen LogP) is 5.65. The number of nitrogens with zero attached hydrogens (tertiary/aromatic N) is 2. The lowest BCUT2D eigenvalue weighted by Gasteiger charge is -2.56. The SMILES string of the molecule is C=C1CC(C(O)CNC(C)(C)C)=CC=C1OCC12CCC(CC(OC(=O)C(COC(=O)CN(CC)CC)c3ccccc3)C1)[N+]2(C)C(C)C. The van der Waals surface area contributed by atoms with Gasteiger partial charge >= 0.3 is 11.9 Å². The number of rotatable bonds is 16. The third kappa shape index (κ3) is 9.23. The van der Waals surface area contributed by atoms with Crippen molar-refractivity contribution < 1.29 is 33.4 Å². The van der Waals surface area contributed by atoms with Crippen LogP contribution >= 0.6 is 0 Å². The van der Waals surface area contributed by atoms with Gasteiger partial charge in [-0.25, -0.2) is 0 Å². The molecule has 2 heterocycles. The molecule has 1 aliphatic carbocycles. The van der Waals surface area contributed by atoms with Crippen molar-refractivity contribution in [2.24, 2.45) is 0 Å². The number of piperidine rings is 1. The van der Waals surface area contributed by atoms with Crippen LogP contribution in [0, 0.1) is 0 Å². The number of β-amino-alcohol motifs (C(OH)–C–C–N with tert-alkyl or cyclic N) is 1. The second-order valence-electron chi connectivity index (χ2n) is 15.8. The minimum Gasteiger partial charge on any atom is -0.487 e. The van der Waals surface area contributed by atoms with Crippen LogP contribution in [0.15, 0.2) is 66.0 Å². The first-order chi connectivity index (χ1) is 23.1. The summed E-state index contributed by atoms with van der Waals surface area (Å²) in [6, 6.07) is 10.2. The molecule has 0 spiro atoms. The van der Waals surface area contributed by atoms with E-state index in [1.807, 2.05) is 61.2 Å². The number of benzene rings is 1. The zero-order valence-electron chi connectivity index (χ0n) is 31.3. The third-order valence-corrected chi connectivity index (χ3v) is 11.3. The van der Waals surface area contributed by atoms with Gasteiger partial charge in [0.2, 0.25) is 0 Å². The Morgan fingerprint density at radius 3 is 2.45 bits per heavy atom. The lowest BCUT2D eigenvalue weighted by Crippen LogP contribution is -2.71. The summed E-state index contributed by atoms with van der Waals surface area (Å²) in [6.07, 6.45) is 7.09. The van der Waals surface area contributed by atoms with E-state index in [9.17, 15) is 14.7 Å². The third-order valence-electron chi connectivity index (χ3n) is 11.3. The van der Waals surface area contributed by atoms with Gasteiger partial charge in [0.1, 0.15) is 36.5 Å². The van der Waals surface area contributed by atoms with Gasteiger partial charge in [-0.05, 0) is 76.9 Å². The minimum atomic E-state index is -0.703. The smallest absolute Gasteiger partial charge is 0.320 e. The molecule has 1 aromatic rings. The maximum absolute atomic E-state index is 13.9. The zero-order chi connectivity index (χ0) is 36.0. The molecule has 2 fully saturated rings. The quantitative estimate of drug-likeness (QED) is 0.171. The lowest BCUT2D eigenvalue weighted by molar-refractivity contribution is -0.992. The topological polar surface area (TPSA) is 97.3 Å². The molecule has 272 valence electrons. The van der Waals surface area contributed by atoms with Gasteiger partial charge in [-0.15, -0.1) is 0 Å². The molecule has 2 N–H and O–H groups in total. The number of likely N-dealkylation sites (N-methyl/N-ethyl adjacent to an activating group) is 2. The second-order valence-corrected chi connectivity index (χ2v) is 15.8. The van der Waals surface area contributed by atoms with E-state index in [-0.39, 0.29) is 42.3 Å². The Balaban J connectivity index is 1.48. The first-order valence-corrected chi connectivity index (χ1v) is 18.3. The Bertz CT molecular complexity index is 1360. The number of hydrogen-bond donors (Lipinski definition) is 2. The molecule has 49 heavy (non-hydrogen) atoms. The first kappa shape index (κ1) is 38.8. The van der Waals surface area contributed by atoms with Gasteiger partial charge < -0.3 is 29.1 Å². The number of esters is 2. The highest BCUT2D eigenvalue weighted by Gasteiger charge is 2.64. The van der Waals surface area contributed by atoms with E-state index in [1.165, 1.54) is 0 Å². The summed E-state index contributed by atoms with van der Waals surface area (Å²) >= 11 is 0. The van der Waals surface area contributed by atoms with Crippen molar-refractivity contribution in [1.29, 1.82) is 0 Å². The van der Waals surface area contributed by atoms with Crippen molar-refractivity contribution in [2.75, 3.05) is 46.4 Å². The van der Waals surface area contributed by atoms with E-state index in [4.69, 9.17) is 14.2 Å². The van der Waals surface area contributed by atoms with Gasteiger partial charge in [0, 0.05) is 37.8 Å². The molecule has 3 aliphatic rings. The van der Waals surface area contributed by atoms with Gasteiger partial charge in [0.05, 0.1) is 31.8 Å². The fraction of sp³-hybridized carbons (Fsp3) is 0.650. The first-order valence-electron chi connectivity index (χ1n) is 18.3. The summed E-state index contributed by atoms with van der Waals surface area (Å²) < 4.78 is 19.5. The molecule has 9 heteroatoms. The van der Waals surface area contributed by atoms with Crippen molar-refractivity contribution in [3.05, 3.63) is 71.5 Å². The predicted molar refractivity (Wildman–Crippen MR) is 194 cm³/mol. The number of aliphatic hydroxyl groups excluding tert-OH is 1. The normalized spacial score (nSPS) is 26.6. The fourth-order valence-electron chi connectivity index (χ4n) is 8.01. The summed E-state index contributed by atoms with van der Waals surface area (Å²) in [6.45, 7) is 21.7. The van der Waals surface area contributed by atoms with Crippen molar-refractivity contribution in [3.63, 3.8) is 0 Å². The number of allylic oxidation sites excluding steroid dienone is 3. The molecule has 2 saturated heterocycles. The summed E-state index contributed by atoms with van der Waals surface area (Å²) in [7, 11) is 2.34. The van der Waals surface area contributed by atoms with E-state index >= 15 is 0 Å². The maximum atomic E-state index is 13.9. The number of hydrogen-bond acceptors (Lipinski definition) is 8. The van der Waals surface area contributed by atoms with Crippen LogP contribution < -0.4 is 5.32 Å². The molecule has 0 amide bonds. The van der Waals surface area contributed by atoms with E-state index in [2.05, 4.69) is 53.6 Å². The van der Waals surface area contributed by atoms with Crippen molar-refractivity contribution in [3.8, 4) is 0 Å². The van der Waals surface area contributed by atoms with Crippen molar-refractivity contribution in [1.82, 2.24) is 10.2 Å². The molecular weight excluding hydrogens is 618 g/mol. The number of carbonyl (C=O) groups is 2. The van der Waals surface area contributed by atoms with Crippen molar-refractivity contribution in [2.45, 2.75) is 122 Å². The van der Waals surface area contributed by atoms with E-state index in [1.54, 1.807) is 0 Å². The number of carbonyl (C=O) groups excluding carboxylic acids is 2. The Morgan fingerprint density at radius 1 is 1.14 bits per heavy atom. The van der Waals surface area contributed by atoms with Gasteiger partial charge in [-0.3, -0.25) is 14.5 Å². The Morgan fingerprint density at radius 2 is 1.84 bits per heavy atom. The highest BCUT2D eigenvalue weighted by molar-refractivity contribution is 5.79. The van der Waals surface area contributed by atoms with Crippen LogP contribution in [0.5, 0.6) is 0 Å². The van der Waals surface area contributed by atoms with Gasteiger partial charge in [0.25, 0.3) is 0 Å². The van der Waals surface area contributed by atoms with E-state index in [0.717, 1.165) is 59.3 Å². The highest BCUT2D eigenvalue weighted by Crippen LogP contribution is 2.52. The molecule has 4 rings (SSSR count). The maximum Gasteiger partial charge on any atom is 0.320 e. The molecule has 0 saturated carbocycles. The Labute approximate surface area is 294 Å². The summed E-state index contributed by atoms with van der Waals surface area (Å²) in [4.78, 5) is 28.6.